The fourth-order valence-electron chi connectivity index (χ4n) is 2.85. The molecule has 10 heteroatoms. The molecular formula is C17H16N6O4. The summed E-state index contributed by atoms with van der Waals surface area (Å²) in [5, 5.41) is 3.96. The van der Waals surface area contributed by atoms with Gasteiger partial charge in [0, 0.05) is 56.3 Å². The maximum absolute atomic E-state index is 12.2. The fourth-order valence-corrected chi connectivity index (χ4v) is 2.85. The molecule has 27 heavy (non-hydrogen) atoms. The molecule has 1 aliphatic rings. The lowest BCUT2D eigenvalue weighted by Crippen LogP contribution is -2.49. The highest BCUT2D eigenvalue weighted by Gasteiger charge is 2.35. The summed E-state index contributed by atoms with van der Waals surface area (Å²) >= 11 is 0. The molecule has 0 saturated carbocycles. The molecule has 1 saturated heterocycles. The van der Waals surface area contributed by atoms with E-state index in [0.29, 0.717) is 24.8 Å². The van der Waals surface area contributed by atoms with E-state index in [4.69, 9.17) is 4.52 Å². The summed E-state index contributed by atoms with van der Waals surface area (Å²) in [6.07, 6.45) is 4.88. The highest BCUT2D eigenvalue weighted by molar-refractivity contribution is 5.77. The van der Waals surface area contributed by atoms with Gasteiger partial charge in [-0.15, -0.1) is 0 Å². The standard InChI is InChI=1S/C17H16N6O4/c24-13-3-6-22(17(26)19-13)7-4-14(25)23-9-12(10-23)16-20-15(21-27-16)11-2-1-5-18-8-11/h1-3,5-6,8,12H,4,7,9-10H2,(H,19,24,26). The second kappa shape index (κ2) is 6.98. The third-order valence-corrected chi connectivity index (χ3v) is 4.41. The molecule has 10 nitrogen and oxygen atoms in total. The summed E-state index contributed by atoms with van der Waals surface area (Å²) in [4.78, 5) is 47.1. The van der Waals surface area contributed by atoms with Gasteiger partial charge in [-0.2, -0.15) is 4.98 Å². The van der Waals surface area contributed by atoms with Gasteiger partial charge in [-0.1, -0.05) is 5.16 Å². The quantitative estimate of drug-likeness (QED) is 0.671. The molecule has 138 valence electrons. The lowest BCUT2D eigenvalue weighted by atomic mass is 9.99. The third-order valence-electron chi connectivity index (χ3n) is 4.41. The van der Waals surface area contributed by atoms with Crippen molar-refractivity contribution in [1.82, 2.24) is 29.6 Å². The minimum Gasteiger partial charge on any atom is -0.341 e. The van der Waals surface area contributed by atoms with Crippen LogP contribution >= 0.6 is 0 Å². The zero-order valence-corrected chi connectivity index (χ0v) is 14.2. The number of amides is 1. The SMILES string of the molecule is O=C(CCn1ccc(=O)[nH]c1=O)N1CC(c2nc(-c3cccnc3)no2)C1. The van der Waals surface area contributed by atoms with E-state index < -0.39 is 11.2 Å². The van der Waals surface area contributed by atoms with Crippen LogP contribution in [0.3, 0.4) is 0 Å². The Kier molecular flexibility index (Phi) is 4.37. The average molecular weight is 368 g/mol. The largest absolute Gasteiger partial charge is 0.341 e. The highest BCUT2D eigenvalue weighted by atomic mass is 16.5. The number of hydrogen-bond acceptors (Lipinski definition) is 7. The van der Waals surface area contributed by atoms with Crippen LogP contribution in [0.25, 0.3) is 11.4 Å². The van der Waals surface area contributed by atoms with Crippen molar-refractivity contribution in [2.45, 2.75) is 18.9 Å². The van der Waals surface area contributed by atoms with Crippen molar-refractivity contribution in [3.05, 3.63) is 63.5 Å². The van der Waals surface area contributed by atoms with Crippen LogP contribution in [0.1, 0.15) is 18.2 Å². The van der Waals surface area contributed by atoms with Gasteiger partial charge in [-0.05, 0) is 12.1 Å². The monoisotopic (exact) mass is 368 g/mol. The Morgan fingerprint density at radius 2 is 2.15 bits per heavy atom. The van der Waals surface area contributed by atoms with Gasteiger partial charge in [0.05, 0.1) is 5.92 Å². The highest BCUT2D eigenvalue weighted by Crippen LogP contribution is 2.27. The van der Waals surface area contributed by atoms with Crippen molar-refractivity contribution in [1.29, 1.82) is 0 Å². The van der Waals surface area contributed by atoms with E-state index in [2.05, 4.69) is 20.1 Å². The Balaban J connectivity index is 1.31. The van der Waals surface area contributed by atoms with Crippen LogP contribution in [0.5, 0.6) is 0 Å². The van der Waals surface area contributed by atoms with Crippen molar-refractivity contribution in [3.8, 4) is 11.4 Å². The Morgan fingerprint density at radius 1 is 1.30 bits per heavy atom. The van der Waals surface area contributed by atoms with Crippen LogP contribution in [-0.2, 0) is 11.3 Å². The molecule has 4 rings (SSSR count). The molecule has 0 unspecified atom stereocenters. The summed E-state index contributed by atoms with van der Waals surface area (Å²) in [5.74, 6) is 0.897. The van der Waals surface area contributed by atoms with Gasteiger partial charge < -0.3 is 14.0 Å². The van der Waals surface area contributed by atoms with E-state index >= 15 is 0 Å². The molecule has 1 amide bonds. The van der Waals surface area contributed by atoms with Gasteiger partial charge in [0.2, 0.25) is 17.6 Å². The van der Waals surface area contributed by atoms with Gasteiger partial charge >= 0.3 is 5.69 Å². The van der Waals surface area contributed by atoms with Crippen molar-refractivity contribution in [2.24, 2.45) is 0 Å². The summed E-state index contributed by atoms with van der Waals surface area (Å²) < 4.78 is 6.60. The Hall–Kier alpha value is -3.56. The molecule has 0 spiro atoms. The van der Waals surface area contributed by atoms with Gasteiger partial charge in [0.15, 0.2) is 0 Å². The van der Waals surface area contributed by atoms with Crippen LogP contribution < -0.4 is 11.2 Å². The first-order valence-electron chi connectivity index (χ1n) is 8.42. The third kappa shape index (κ3) is 3.54. The number of likely N-dealkylation sites (tertiary alicyclic amines) is 1. The smallest absolute Gasteiger partial charge is 0.328 e. The number of pyridine rings is 1. The van der Waals surface area contributed by atoms with Gasteiger partial charge in [0.1, 0.15) is 0 Å². The predicted octanol–water partition coefficient (Wildman–Crippen LogP) is -0.00230. The number of hydrogen-bond donors (Lipinski definition) is 1. The van der Waals surface area contributed by atoms with Crippen molar-refractivity contribution < 1.29 is 9.32 Å². The number of carbonyl (C=O) groups is 1. The zero-order valence-electron chi connectivity index (χ0n) is 14.2. The Bertz CT molecular complexity index is 1060. The van der Waals surface area contributed by atoms with E-state index in [1.54, 1.807) is 23.4 Å². The van der Waals surface area contributed by atoms with Crippen LogP contribution in [0.2, 0.25) is 0 Å². The molecular weight excluding hydrogens is 352 g/mol. The molecule has 3 aromatic heterocycles. The number of nitrogens with zero attached hydrogens (tertiary/aromatic N) is 5. The summed E-state index contributed by atoms with van der Waals surface area (Å²) in [6.45, 7) is 1.20. The minimum atomic E-state index is -0.523. The number of H-pyrrole nitrogens is 1. The maximum atomic E-state index is 12.2. The number of aromatic amines is 1. The summed E-state index contributed by atoms with van der Waals surface area (Å²) in [7, 11) is 0. The number of aryl methyl sites for hydroxylation is 1. The van der Waals surface area contributed by atoms with E-state index in [-0.39, 0.29) is 24.8 Å². The second-order valence-electron chi connectivity index (χ2n) is 6.25. The van der Waals surface area contributed by atoms with Crippen LogP contribution in [0.15, 0.2) is 50.9 Å². The van der Waals surface area contributed by atoms with E-state index in [9.17, 15) is 14.4 Å². The van der Waals surface area contributed by atoms with Crippen LogP contribution in [0.4, 0.5) is 0 Å². The zero-order chi connectivity index (χ0) is 18.8. The van der Waals surface area contributed by atoms with Gasteiger partial charge in [-0.3, -0.25) is 19.6 Å². The topological polar surface area (TPSA) is 127 Å². The normalized spacial score (nSPS) is 14.1. The average Bonchev–Trinajstić information content (AvgIpc) is 3.10. The first-order chi connectivity index (χ1) is 13.1. The van der Waals surface area contributed by atoms with Gasteiger partial charge in [0.25, 0.3) is 5.56 Å². The van der Waals surface area contributed by atoms with Crippen molar-refractivity contribution >= 4 is 5.91 Å². The number of aromatic nitrogens is 5. The molecule has 0 bridgehead atoms. The number of nitrogens with one attached hydrogen (secondary N) is 1. The molecule has 0 aromatic carbocycles. The van der Waals surface area contributed by atoms with Crippen LogP contribution in [0, 0.1) is 0 Å². The summed E-state index contributed by atoms with van der Waals surface area (Å²) in [6, 6.07) is 4.89. The van der Waals surface area contributed by atoms with Crippen molar-refractivity contribution in [3.63, 3.8) is 0 Å². The Labute approximate surface area is 152 Å². The van der Waals surface area contributed by atoms with E-state index in [0.717, 1.165) is 5.56 Å². The molecule has 1 aliphatic heterocycles. The first-order valence-corrected chi connectivity index (χ1v) is 8.42. The molecule has 1 N–H and O–H groups in total. The number of rotatable bonds is 5. The van der Waals surface area contributed by atoms with Crippen molar-refractivity contribution in [2.75, 3.05) is 13.1 Å². The molecule has 1 fully saturated rings. The van der Waals surface area contributed by atoms with E-state index in [1.165, 1.54) is 16.8 Å². The fraction of sp³-hybridized carbons (Fsp3) is 0.294. The van der Waals surface area contributed by atoms with Crippen LogP contribution in [-0.4, -0.2) is 48.6 Å². The molecule has 0 radical (unpaired) electrons. The first kappa shape index (κ1) is 16.9. The molecule has 3 aromatic rings. The maximum Gasteiger partial charge on any atom is 0.328 e. The number of carbonyl (C=O) groups excluding carboxylic acids is 1. The lowest BCUT2D eigenvalue weighted by molar-refractivity contribution is -0.136. The molecule has 0 atom stereocenters. The predicted molar refractivity (Wildman–Crippen MR) is 92.8 cm³/mol. The second-order valence-corrected chi connectivity index (χ2v) is 6.25. The molecule has 4 heterocycles. The Morgan fingerprint density at radius 3 is 2.89 bits per heavy atom. The van der Waals surface area contributed by atoms with E-state index in [1.807, 2.05) is 6.07 Å². The minimum absolute atomic E-state index is 0.00248. The summed E-state index contributed by atoms with van der Waals surface area (Å²) in [5.41, 5.74) is -0.213. The molecule has 0 aliphatic carbocycles. The lowest BCUT2D eigenvalue weighted by Gasteiger charge is -2.37. The van der Waals surface area contributed by atoms with Gasteiger partial charge in [-0.25, -0.2) is 4.79 Å².